The van der Waals surface area contributed by atoms with Crippen molar-refractivity contribution in [3.8, 4) is 0 Å². The topological polar surface area (TPSA) is 41.5 Å². The number of amides is 1. The maximum Gasteiger partial charge on any atom is 0.271 e. The number of hydrazone groups is 1. The Labute approximate surface area is 103 Å². The van der Waals surface area contributed by atoms with Crippen LogP contribution in [0.3, 0.4) is 0 Å². The van der Waals surface area contributed by atoms with Crippen LogP contribution >= 0.6 is 15.9 Å². The van der Waals surface area contributed by atoms with Crippen molar-refractivity contribution in [1.82, 2.24) is 5.43 Å². The van der Waals surface area contributed by atoms with Crippen LogP contribution < -0.4 is 5.43 Å². The van der Waals surface area contributed by atoms with Crippen molar-refractivity contribution in [2.75, 3.05) is 0 Å². The molecule has 3 nitrogen and oxygen atoms in total. The van der Waals surface area contributed by atoms with E-state index in [4.69, 9.17) is 0 Å². The Balaban J connectivity index is 2.00. The molecule has 0 bridgehead atoms. The van der Waals surface area contributed by atoms with Gasteiger partial charge < -0.3 is 0 Å². The van der Waals surface area contributed by atoms with Gasteiger partial charge in [0.05, 0.1) is 0 Å². The molecule has 84 valence electrons. The Morgan fingerprint density at radius 2 is 2.25 bits per heavy atom. The molecule has 0 atom stereocenters. The lowest BCUT2D eigenvalue weighted by molar-refractivity contribution is 0.0954. The van der Waals surface area contributed by atoms with Crippen LogP contribution in [0.5, 0.6) is 0 Å². The van der Waals surface area contributed by atoms with E-state index in [1.54, 1.807) is 12.1 Å². The zero-order valence-electron chi connectivity index (χ0n) is 9.03. The van der Waals surface area contributed by atoms with Gasteiger partial charge in [-0.25, -0.2) is 5.43 Å². The number of hydrogen-bond acceptors (Lipinski definition) is 2. The van der Waals surface area contributed by atoms with Crippen LogP contribution in [0.2, 0.25) is 0 Å². The van der Waals surface area contributed by atoms with Gasteiger partial charge in [-0.2, -0.15) is 5.10 Å². The Bertz CT molecular complexity index is 438. The fourth-order valence-corrected chi connectivity index (χ4v) is 1.82. The summed E-state index contributed by atoms with van der Waals surface area (Å²) in [4.78, 5) is 11.7. The third-order valence-electron chi connectivity index (χ3n) is 2.59. The minimum Gasteiger partial charge on any atom is -0.267 e. The number of hydrogen-bond donors (Lipinski definition) is 1. The van der Waals surface area contributed by atoms with Crippen molar-refractivity contribution >= 4 is 27.5 Å². The molecule has 16 heavy (non-hydrogen) atoms. The summed E-state index contributed by atoms with van der Waals surface area (Å²) in [6.07, 6.45) is 2.39. The molecular weight excluding hydrogens is 268 g/mol. The van der Waals surface area contributed by atoms with Crippen molar-refractivity contribution in [1.29, 1.82) is 0 Å². The first-order valence-corrected chi connectivity index (χ1v) is 6.06. The summed E-state index contributed by atoms with van der Waals surface area (Å²) in [7, 11) is 0. The van der Waals surface area contributed by atoms with E-state index in [1.165, 1.54) is 12.8 Å². The Morgan fingerprint density at radius 1 is 1.50 bits per heavy atom. The normalized spacial score (nSPS) is 16.0. The molecule has 1 fully saturated rings. The number of carbonyl (C=O) groups excluding carboxylic acids is 1. The molecule has 1 aromatic rings. The Hall–Kier alpha value is -1.16. The molecule has 1 aromatic carbocycles. The molecule has 0 saturated heterocycles. The summed E-state index contributed by atoms with van der Waals surface area (Å²) in [5.74, 6) is 0.420. The largest absolute Gasteiger partial charge is 0.271 e. The number of halogens is 1. The van der Waals surface area contributed by atoms with Gasteiger partial charge in [0.15, 0.2) is 0 Å². The first kappa shape index (κ1) is 11.3. The van der Waals surface area contributed by atoms with Gasteiger partial charge in [-0.15, -0.1) is 0 Å². The van der Waals surface area contributed by atoms with Gasteiger partial charge in [0, 0.05) is 15.7 Å². The Morgan fingerprint density at radius 3 is 2.88 bits per heavy atom. The molecule has 0 unspecified atom stereocenters. The smallest absolute Gasteiger partial charge is 0.267 e. The molecule has 1 aliphatic rings. The van der Waals surface area contributed by atoms with Gasteiger partial charge in [0.2, 0.25) is 0 Å². The van der Waals surface area contributed by atoms with Crippen LogP contribution in [0.1, 0.15) is 30.1 Å². The monoisotopic (exact) mass is 280 g/mol. The molecule has 1 N–H and O–H groups in total. The lowest BCUT2D eigenvalue weighted by atomic mass is 10.2. The molecular formula is C12H13BrN2O. The average Bonchev–Trinajstić information content (AvgIpc) is 3.09. The third kappa shape index (κ3) is 2.92. The lowest BCUT2D eigenvalue weighted by Crippen LogP contribution is -2.19. The second kappa shape index (κ2) is 4.78. The number of benzene rings is 1. The number of carbonyl (C=O) groups is 1. The Kier molecular flexibility index (Phi) is 3.39. The van der Waals surface area contributed by atoms with Crippen LogP contribution in [0.4, 0.5) is 0 Å². The highest BCUT2D eigenvalue weighted by atomic mass is 79.9. The summed E-state index contributed by atoms with van der Waals surface area (Å²) >= 11 is 3.33. The fourth-order valence-electron chi connectivity index (χ4n) is 1.43. The molecule has 0 aromatic heterocycles. The predicted molar refractivity (Wildman–Crippen MR) is 67.4 cm³/mol. The van der Waals surface area contributed by atoms with Gasteiger partial charge in [-0.05, 0) is 43.9 Å². The fraction of sp³-hybridized carbons (Fsp3) is 0.333. The van der Waals surface area contributed by atoms with Crippen molar-refractivity contribution < 1.29 is 4.79 Å². The van der Waals surface area contributed by atoms with Crippen LogP contribution in [-0.4, -0.2) is 11.6 Å². The summed E-state index contributed by atoms with van der Waals surface area (Å²) in [6.45, 7) is 1.96. The van der Waals surface area contributed by atoms with Crippen LogP contribution in [0.15, 0.2) is 33.8 Å². The summed E-state index contributed by atoms with van der Waals surface area (Å²) in [5, 5.41) is 4.09. The van der Waals surface area contributed by atoms with Crippen molar-refractivity contribution in [2.45, 2.75) is 19.8 Å². The zero-order valence-corrected chi connectivity index (χ0v) is 10.6. The second-order valence-electron chi connectivity index (χ2n) is 3.98. The molecule has 1 saturated carbocycles. The van der Waals surface area contributed by atoms with E-state index in [9.17, 15) is 4.79 Å². The molecule has 0 radical (unpaired) electrons. The van der Waals surface area contributed by atoms with E-state index in [2.05, 4.69) is 26.5 Å². The van der Waals surface area contributed by atoms with Crippen LogP contribution in [0, 0.1) is 5.92 Å². The highest BCUT2D eigenvalue weighted by molar-refractivity contribution is 9.10. The van der Waals surface area contributed by atoms with E-state index >= 15 is 0 Å². The van der Waals surface area contributed by atoms with Gasteiger partial charge in [-0.3, -0.25) is 4.79 Å². The molecule has 0 spiro atoms. The molecule has 0 aliphatic heterocycles. The van der Waals surface area contributed by atoms with E-state index in [1.807, 2.05) is 19.1 Å². The molecule has 1 aliphatic carbocycles. The SMILES string of the molecule is C/C(=N/NC(=O)c1cccc(Br)c1)C1CC1. The van der Waals surface area contributed by atoms with E-state index < -0.39 is 0 Å². The maximum atomic E-state index is 11.7. The summed E-state index contributed by atoms with van der Waals surface area (Å²) in [6, 6.07) is 7.26. The van der Waals surface area contributed by atoms with E-state index in [0.29, 0.717) is 11.5 Å². The van der Waals surface area contributed by atoms with E-state index in [-0.39, 0.29) is 5.91 Å². The van der Waals surface area contributed by atoms with Crippen LogP contribution in [0.25, 0.3) is 0 Å². The van der Waals surface area contributed by atoms with E-state index in [0.717, 1.165) is 10.2 Å². The second-order valence-corrected chi connectivity index (χ2v) is 4.89. The lowest BCUT2D eigenvalue weighted by Gasteiger charge is -2.02. The minimum atomic E-state index is -0.165. The summed E-state index contributed by atoms with van der Waals surface area (Å²) < 4.78 is 0.892. The standard InChI is InChI=1S/C12H13BrN2O/c1-8(9-5-6-9)14-15-12(16)10-3-2-4-11(13)7-10/h2-4,7,9H,5-6H2,1H3,(H,15,16)/b14-8-. The highest BCUT2D eigenvalue weighted by Crippen LogP contribution is 2.30. The molecule has 1 amide bonds. The quantitative estimate of drug-likeness (QED) is 0.671. The zero-order chi connectivity index (χ0) is 11.5. The number of nitrogens with one attached hydrogen (secondary N) is 1. The van der Waals surface area contributed by atoms with Gasteiger partial charge >= 0.3 is 0 Å². The highest BCUT2D eigenvalue weighted by Gasteiger charge is 2.24. The van der Waals surface area contributed by atoms with Gasteiger partial charge in [0.25, 0.3) is 5.91 Å². The first-order chi connectivity index (χ1) is 7.66. The number of nitrogens with zero attached hydrogens (tertiary/aromatic N) is 1. The minimum absolute atomic E-state index is 0.165. The summed E-state index contributed by atoms with van der Waals surface area (Å²) in [5.41, 5.74) is 4.21. The van der Waals surface area contributed by atoms with Crippen LogP contribution in [-0.2, 0) is 0 Å². The maximum absolute atomic E-state index is 11.7. The first-order valence-electron chi connectivity index (χ1n) is 5.27. The van der Waals surface area contributed by atoms with Gasteiger partial charge in [0.1, 0.15) is 0 Å². The van der Waals surface area contributed by atoms with Crippen molar-refractivity contribution in [3.05, 3.63) is 34.3 Å². The predicted octanol–water partition coefficient (Wildman–Crippen LogP) is 2.96. The average molecular weight is 281 g/mol. The van der Waals surface area contributed by atoms with Crippen molar-refractivity contribution in [3.63, 3.8) is 0 Å². The molecule has 2 rings (SSSR count). The van der Waals surface area contributed by atoms with Crippen molar-refractivity contribution in [2.24, 2.45) is 11.0 Å². The third-order valence-corrected chi connectivity index (χ3v) is 3.08. The van der Waals surface area contributed by atoms with Gasteiger partial charge in [-0.1, -0.05) is 22.0 Å². The number of rotatable bonds is 3. The molecule has 4 heteroatoms. The molecule has 0 heterocycles.